The fourth-order valence-electron chi connectivity index (χ4n) is 6.74. The van der Waals surface area contributed by atoms with Crippen molar-refractivity contribution in [3.8, 4) is 23.0 Å². The van der Waals surface area contributed by atoms with E-state index in [1.807, 2.05) is 48.5 Å². The van der Waals surface area contributed by atoms with Crippen molar-refractivity contribution in [3.05, 3.63) is 119 Å². The Morgan fingerprint density at radius 3 is 0.744 bits per heavy atom. The molecule has 4 nitrogen and oxygen atoms in total. The molecule has 0 spiro atoms. The molecule has 4 aromatic rings. The topological polar surface area (TPSA) is 80.9 Å². The van der Waals surface area contributed by atoms with E-state index in [0.717, 1.165) is 25.7 Å². The van der Waals surface area contributed by atoms with Crippen molar-refractivity contribution in [1.82, 2.24) is 0 Å². The summed E-state index contributed by atoms with van der Waals surface area (Å²) in [6.45, 7) is 0. The van der Waals surface area contributed by atoms with Crippen LogP contribution in [0.1, 0.15) is 80.0 Å². The van der Waals surface area contributed by atoms with E-state index in [1.165, 1.54) is 54.4 Å². The van der Waals surface area contributed by atoms with Gasteiger partial charge in [0.25, 0.3) is 0 Å². The SMILES string of the molecule is Oc1ccc(C2(c3ccc(O)cc3)CCCC2)cc1.Oc1ccc(C2(c3ccc(O)cc3)CCCCC2)cc1. The maximum Gasteiger partial charge on any atom is 0.115 e. The Bertz CT molecular complexity index is 1230. The third-order valence-electron chi connectivity index (χ3n) is 8.84. The van der Waals surface area contributed by atoms with Gasteiger partial charge in [0.1, 0.15) is 23.0 Å². The number of hydrogen-bond donors (Lipinski definition) is 4. The highest BCUT2D eigenvalue weighted by Crippen LogP contribution is 2.47. The largest absolute Gasteiger partial charge is 0.508 e. The highest BCUT2D eigenvalue weighted by Gasteiger charge is 2.37. The molecule has 0 aliphatic heterocycles. The molecule has 4 heteroatoms. The first kappa shape index (κ1) is 26.7. The van der Waals surface area contributed by atoms with Crippen LogP contribution in [0.25, 0.3) is 0 Å². The van der Waals surface area contributed by atoms with Gasteiger partial charge in [-0.15, -0.1) is 0 Å². The summed E-state index contributed by atoms with van der Waals surface area (Å²) in [6.07, 6.45) is 10.7. The first-order valence-corrected chi connectivity index (χ1v) is 14.1. The quantitative estimate of drug-likeness (QED) is 0.217. The molecule has 2 aliphatic carbocycles. The number of benzene rings is 4. The molecule has 4 aromatic carbocycles. The van der Waals surface area contributed by atoms with Crippen LogP contribution in [0.3, 0.4) is 0 Å². The molecule has 6 rings (SSSR count). The van der Waals surface area contributed by atoms with E-state index in [2.05, 4.69) is 0 Å². The lowest BCUT2D eigenvalue weighted by molar-refractivity contribution is 0.345. The second-order valence-corrected chi connectivity index (χ2v) is 11.1. The zero-order valence-electron chi connectivity index (χ0n) is 22.4. The lowest BCUT2D eigenvalue weighted by atomic mass is 9.65. The molecule has 0 amide bonds. The second kappa shape index (κ2) is 11.4. The van der Waals surface area contributed by atoms with Gasteiger partial charge in [0.15, 0.2) is 0 Å². The van der Waals surface area contributed by atoms with Crippen molar-refractivity contribution >= 4 is 0 Å². The Morgan fingerprint density at radius 1 is 0.308 bits per heavy atom. The minimum absolute atomic E-state index is 0.0274. The number of rotatable bonds is 4. The fraction of sp³-hybridized carbons (Fsp3) is 0.314. The van der Waals surface area contributed by atoms with Crippen LogP contribution in [0.15, 0.2) is 97.1 Å². The molecule has 0 radical (unpaired) electrons. The van der Waals surface area contributed by atoms with E-state index in [1.54, 1.807) is 48.5 Å². The molecule has 4 N–H and O–H groups in total. The molecule has 0 atom stereocenters. The van der Waals surface area contributed by atoms with Crippen LogP contribution in [0.2, 0.25) is 0 Å². The number of aromatic hydroxyl groups is 4. The monoisotopic (exact) mass is 522 g/mol. The molecular formula is C35H38O4. The molecule has 0 aromatic heterocycles. The molecule has 0 bridgehead atoms. The third-order valence-corrected chi connectivity index (χ3v) is 8.84. The van der Waals surface area contributed by atoms with Crippen molar-refractivity contribution in [1.29, 1.82) is 0 Å². The van der Waals surface area contributed by atoms with Gasteiger partial charge >= 0.3 is 0 Å². The minimum Gasteiger partial charge on any atom is -0.508 e. The Labute approximate surface area is 231 Å². The van der Waals surface area contributed by atoms with Crippen LogP contribution in [-0.4, -0.2) is 20.4 Å². The lowest BCUT2D eigenvalue weighted by Crippen LogP contribution is -2.30. The van der Waals surface area contributed by atoms with Gasteiger partial charge in [-0.25, -0.2) is 0 Å². The molecule has 2 saturated carbocycles. The second-order valence-electron chi connectivity index (χ2n) is 11.1. The number of hydrogen-bond acceptors (Lipinski definition) is 4. The summed E-state index contributed by atoms with van der Waals surface area (Å²) in [5.41, 5.74) is 5.12. The maximum atomic E-state index is 9.51. The minimum atomic E-state index is 0.0274. The van der Waals surface area contributed by atoms with Gasteiger partial charge in [-0.3, -0.25) is 0 Å². The van der Waals surface area contributed by atoms with E-state index in [9.17, 15) is 20.4 Å². The van der Waals surface area contributed by atoms with Crippen molar-refractivity contribution in [2.75, 3.05) is 0 Å². The third kappa shape index (κ3) is 5.61. The highest BCUT2D eigenvalue weighted by molar-refractivity contribution is 5.45. The molecule has 2 fully saturated rings. The van der Waals surface area contributed by atoms with Crippen LogP contribution < -0.4 is 0 Å². The fourth-order valence-corrected chi connectivity index (χ4v) is 6.74. The summed E-state index contributed by atoms with van der Waals surface area (Å²) in [5.74, 6) is 1.24. The molecule has 0 saturated heterocycles. The molecule has 0 unspecified atom stereocenters. The first-order valence-electron chi connectivity index (χ1n) is 14.1. The average molecular weight is 523 g/mol. The van der Waals surface area contributed by atoms with Gasteiger partial charge in [-0.1, -0.05) is 80.6 Å². The predicted octanol–water partition coefficient (Wildman–Crippen LogP) is 8.31. The van der Waals surface area contributed by atoms with Crippen LogP contribution in [0.4, 0.5) is 0 Å². The van der Waals surface area contributed by atoms with Crippen LogP contribution in [0, 0.1) is 0 Å². The van der Waals surface area contributed by atoms with E-state index in [4.69, 9.17) is 0 Å². The zero-order chi connectivity index (χ0) is 27.3. The molecule has 39 heavy (non-hydrogen) atoms. The summed E-state index contributed by atoms with van der Waals surface area (Å²) in [7, 11) is 0. The van der Waals surface area contributed by atoms with Crippen molar-refractivity contribution in [2.24, 2.45) is 0 Å². The molecule has 0 heterocycles. The normalized spacial score (nSPS) is 17.6. The first-order chi connectivity index (χ1) is 18.9. The Morgan fingerprint density at radius 2 is 0.513 bits per heavy atom. The highest BCUT2D eigenvalue weighted by atomic mass is 16.3. The van der Waals surface area contributed by atoms with Crippen LogP contribution in [-0.2, 0) is 10.8 Å². The van der Waals surface area contributed by atoms with Crippen LogP contribution in [0.5, 0.6) is 23.0 Å². The van der Waals surface area contributed by atoms with E-state index in [0.29, 0.717) is 23.0 Å². The van der Waals surface area contributed by atoms with E-state index in [-0.39, 0.29) is 10.8 Å². The standard InChI is InChI=1S/C18H20O2.C17H18O2/c19-16-8-4-14(5-9-16)18(12-2-1-3-13-18)15-6-10-17(20)11-7-15;18-15-7-3-13(4-8-15)17(11-1-2-12-17)14-5-9-16(19)10-6-14/h4-11,19-20H,1-3,12-13H2;3-10,18-19H,1-2,11-12H2. The smallest absolute Gasteiger partial charge is 0.115 e. The van der Waals surface area contributed by atoms with Gasteiger partial charge in [-0.2, -0.15) is 0 Å². The van der Waals surface area contributed by atoms with Crippen molar-refractivity contribution in [3.63, 3.8) is 0 Å². The number of phenolic OH excluding ortho intramolecular Hbond substituents is 4. The van der Waals surface area contributed by atoms with Gasteiger partial charge in [0.2, 0.25) is 0 Å². The summed E-state index contributed by atoms with van der Waals surface area (Å²) >= 11 is 0. The van der Waals surface area contributed by atoms with E-state index < -0.39 is 0 Å². The van der Waals surface area contributed by atoms with Gasteiger partial charge < -0.3 is 20.4 Å². The maximum absolute atomic E-state index is 9.51. The molecule has 202 valence electrons. The summed E-state index contributed by atoms with van der Waals surface area (Å²) in [4.78, 5) is 0. The predicted molar refractivity (Wildman–Crippen MR) is 156 cm³/mol. The Kier molecular flexibility index (Phi) is 7.83. The summed E-state index contributed by atoms with van der Waals surface area (Å²) in [5, 5.41) is 37.9. The summed E-state index contributed by atoms with van der Waals surface area (Å²) < 4.78 is 0. The van der Waals surface area contributed by atoms with E-state index >= 15 is 0 Å². The zero-order valence-corrected chi connectivity index (χ0v) is 22.4. The summed E-state index contributed by atoms with van der Waals surface area (Å²) in [6, 6.07) is 30.3. The molecule has 2 aliphatic rings. The van der Waals surface area contributed by atoms with Gasteiger partial charge in [0.05, 0.1) is 0 Å². The Hall–Kier alpha value is -3.92. The Balaban J connectivity index is 0.000000158. The van der Waals surface area contributed by atoms with Crippen molar-refractivity contribution in [2.45, 2.75) is 68.6 Å². The molecular weight excluding hydrogens is 484 g/mol. The lowest BCUT2D eigenvalue weighted by Gasteiger charge is -2.38. The average Bonchev–Trinajstić information content (AvgIpc) is 3.46. The van der Waals surface area contributed by atoms with Crippen molar-refractivity contribution < 1.29 is 20.4 Å². The van der Waals surface area contributed by atoms with Gasteiger partial charge in [-0.05, 0) is 96.5 Å². The number of phenols is 4. The van der Waals surface area contributed by atoms with Gasteiger partial charge in [0, 0.05) is 10.8 Å². The van der Waals surface area contributed by atoms with Crippen LogP contribution >= 0.6 is 0 Å².